The van der Waals surface area contributed by atoms with Crippen molar-refractivity contribution in [3.8, 4) is 0 Å². The zero-order valence-electron chi connectivity index (χ0n) is 14.9. The van der Waals surface area contributed by atoms with Gasteiger partial charge in [-0.05, 0) is 48.4 Å². The second kappa shape index (κ2) is 7.45. The van der Waals surface area contributed by atoms with Gasteiger partial charge in [0.05, 0.1) is 0 Å². The third-order valence-corrected chi connectivity index (χ3v) is 7.06. The molecular weight excluding hydrogens is 312 g/mol. The first kappa shape index (κ1) is 16.4. The van der Waals surface area contributed by atoms with E-state index in [0.29, 0.717) is 0 Å². The summed E-state index contributed by atoms with van der Waals surface area (Å²) in [7, 11) is 0. The van der Waals surface area contributed by atoms with Gasteiger partial charge in [-0.15, -0.1) is 11.3 Å². The zero-order valence-corrected chi connectivity index (χ0v) is 15.7. The fourth-order valence-corrected chi connectivity index (χ4v) is 5.26. The van der Waals surface area contributed by atoms with Gasteiger partial charge >= 0.3 is 0 Å². The van der Waals surface area contributed by atoms with Gasteiger partial charge in [0.25, 0.3) is 0 Å². The number of hydrogen-bond acceptors (Lipinski definition) is 3. The SMILES string of the molecule is CC1CCC(CCN2CCN(c3cccc4sccc34)CC2)CC1. The van der Waals surface area contributed by atoms with Gasteiger partial charge in [-0.2, -0.15) is 0 Å². The van der Waals surface area contributed by atoms with Crippen molar-refractivity contribution in [2.24, 2.45) is 11.8 Å². The molecule has 1 aromatic heterocycles. The van der Waals surface area contributed by atoms with Crippen LogP contribution in [-0.4, -0.2) is 37.6 Å². The topological polar surface area (TPSA) is 6.48 Å². The number of anilines is 1. The molecule has 0 N–H and O–H groups in total. The van der Waals surface area contributed by atoms with Gasteiger partial charge in [0.2, 0.25) is 0 Å². The van der Waals surface area contributed by atoms with Gasteiger partial charge in [-0.25, -0.2) is 0 Å². The maximum absolute atomic E-state index is 2.70. The van der Waals surface area contributed by atoms with Crippen LogP contribution in [0.2, 0.25) is 0 Å². The Labute approximate surface area is 150 Å². The molecule has 1 aromatic carbocycles. The summed E-state index contributed by atoms with van der Waals surface area (Å²) < 4.78 is 1.42. The lowest BCUT2D eigenvalue weighted by atomic mass is 9.81. The molecule has 130 valence electrons. The molecule has 2 aliphatic rings. The number of hydrogen-bond donors (Lipinski definition) is 0. The van der Waals surface area contributed by atoms with Crippen molar-refractivity contribution in [2.45, 2.75) is 39.0 Å². The summed E-state index contributed by atoms with van der Waals surface area (Å²) in [5.41, 5.74) is 1.44. The molecule has 24 heavy (non-hydrogen) atoms. The van der Waals surface area contributed by atoms with Crippen LogP contribution in [0.1, 0.15) is 39.0 Å². The lowest BCUT2D eigenvalue weighted by Gasteiger charge is -2.37. The zero-order chi connectivity index (χ0) is 16.4. The summed E-state index contributed by atoms with van der Waals surface area (Å²) in [6.45, 7) is 8.54. The van der Waals surface area contributed by atoms with E-state index in [1.54, 1.807) is 0 Å². The second-order valence-electron chi connectivity index (χ2n) is 7.85. The first-order valence-electron chi connectivity index (χ1n) is 9.73. The van der Waals surface area contributed by atoms with Crippen molar-refractivity contribution in [2.75, 3.05) is 37.6 Å². The molecule has 1 aliphatic carbocycles. The van der Waals surface area contributed by atoms with Crippen molar-refractivity contribution in [1.29, 1.82) is 0 Å². The predicted octanol–water partition coefficient (Wildman–Crippen LogP) is 5.24. The summed E-state index contributed by atoms with van der Waals surface area (Å²) in [5, 5.41) is 3.65. The first-order chi connectivity index (χ1) is 11.8. The largest absolute Gasteiger partial charge is 0.368 e. The molecular formula is C21H30N2S. The van der Waals surface area contributed by atoms with Crippen LogP contribution in [0.15, 0.2) is 29.6 Å². The number of thiophene rings is 1. The molecule has 0 amide bonds. The predicted molar refractivity (Wildman–Crippen MR) is 106 cm³/mol. The maximum atomic E-state index is 2.70. The molecule has 1 aliphatic heterocycles. The van der Waals surface area contributed by atoms with E-state index in [0.717, 1.165) is 11.8 Å². The molecule has 1 saturated heterocycles. The number of fused-ring (bicyclic) bond motifs is 1. The molecule has 1 saturated carbocycles. The van der Waals surface area contributed by atoms with Crippen molar-refractivity contribution in [3.05, 3.63) is 29.6 Å². The monoisotopic (exact) mass is 342 g/mol. The molecule has 0 bridgehead atoms. The summed E-state index contributed by atoms with van der Waals surface area (Å²) in [6, 6.07) is 9.04. The van der Waals surface area contributed by atoms with E-state index in [4.69, 9.17) is 0 Å². The van der Waals surface area contributed by atoms with Crippen molar-refractivity contribution >= 4 is 27.1 Å². The number of benzene rings is 1. The molecule has 2 nitrogen and oxygen atoms in total. The quantitative estimate of drug-likeness (QED) is 0.750. The summed E-state index contributed by atoms with van der Waals surface area (Å²) >= 11 is 1.85. The Morgan fingerprint density at radius 1 is 1.00 bits per heavy atom. The third kappa shape index (κ3) is 3.62. The average molecular weight is 343 g/mol. The minimum absolute atomic E-state index is 0.976. The molecule has 2 heterocycles. The molecule has 0 spiro atoms. The normalized spacial score (nSPS) is 26.1. The lowest BCUT2D eigenvalue weighted by Crippen LogP contribution is -2.47. The maximum Gasteiger partial charge on any atom is 0.0455 e. The van der Waals surface area contributed by atoms with Crippen molar-refractivity contribution < 1.29 is 0 Å². The fourth-order valence-electron chi connectivity index (χ4n) is 4.45. The van der Waals surface area contributed by atoms with Crippen molar-refractivity contribution in [1.82, 2.24) is 4.90 Å². The average Bonchev–Trinajstić information content (AvgIpc) is 3.10. The fraction of sp³-hybridized carbons (Fsp3) is 0.619. The first-order valence-corrected chi connectivity index (χ1v) is 10.6. The Balaban J connectivity index is 1.28. The highest BCUT2D eigenvalue weighted by Gasteiger charge is 2.22. The van der Waals surface area contributed by atoms with Gasteiger partial charge in [0.1, 0.15) is 0 Å². The van der Waals surface area contributed by atoms with Crippen LogP contribution < -0.4 is 4.90 Å². The molecule has 0 radical (unpaired) electrons. The number of nitrogens with zero attached hydrogens (tertiary/aromatic N) is 2. The molecule has 2 fully saturated rings. The molecule has 4 rings (SSSR count). The highest BCUT2D eigenvalue weighted by Crippen LogP contribution is 2.32. The van der Waals surface area contributed by atoms with Gasteiger partial charge in [0.15, 0.2) is 0 Å². The number of rotatable bonds is 4. The summed E-state index contributed by atoms with van der Waals surface area (Å²) in [6.07, 6.45) is 7.29. The van der Waals surface area contributed by atoms with E-state index in [-0.39, 0.29) is 0 Å². The van der Waals surface area contributed by atoms with E-state index in [9.17, 15) is 0 Å². The highest BCUT2D eigenvalue weighted by molar-refractivity contribution is 7.17. The van der Waals surface area contributed by atoms with Gasteiger partial charge in [-0.3, -0.25) is 4.90 Å². The van der Waals surface area contributed by atoms with Crippen LogP contribution in [0.5, 0.6) is 0 Å². The Kier molecular flexibility index (Phi) is 5.09. The van der Waals surface area contributed by atoms with Crippen LogP contribution in [0.4, 0.5) is 5.69 Å². The molecule has 2 aromatic rings. The van der Waals surface area contributed by atoms with E-state index in [1.165, 1.54) is 80.6 Å². The summed E-state index contributed by atoms with van der Waals surface area (Å²) in [5.74, 6) is 1.98. The highest BCUT2D eigenvalue weighted by atomic mass is 32.1. The van der Waals surface area contributed by atoms with E-state index in [1.807, 2.05) is 11.3 Å². The van der Waals surface area contributed by atoms with Gasteiger partial charge in [-0.1, -0.05) is 38.7 Å². The third-order valence-electron chi connectivity index (χ3n) is 6.17. The molecule has 0 unspecified atom stereocenters. The van der Waals surface area contributed by atoms with E-state index < -0.39 is 0 Å². The van der Waals surface area contributed by atoms with E-state index in [2.05, 4.69) is 46.4 Å². The van der Waals surface area contributed by atoms with Crippen molar-refractivity contribution in [3.63, 3.8) is 0 Å². The Morgan fingerprint density at radius 2 is 1.79 bits per heavy atom. The summed E-state index contributed by atoms with van der Waals surface area (Å²) in [4.78, 5) is 5.29. The molecule has 3 heteroatoms. The van der Waals surface area contributed by atoms with Crippen LogP contribution in [0, 0.1) is 11.8 Å². The Hall–Kier alpha value is -1.06. The van der Waals surface area contributed by atoms with Crippen LogP contribution in [0.3, 0.4) is 0 Å². The van der Waals surface area contributed by atoms with Gasteiger partial charge < -0.3 is 4.90 Å². The second-order valence-corrected chi connectivity index (χ2v) is 8.80. The smallest absolute Gasteiger partial charge is 0.0455 e. The number of piperazine rings is 1. The van der Waals surface area contributed by atoms with E-state index >= 15 is 0 Å². The standard InChI is InChI=1S/C21H30N2S/c1-17-5-7-18(8-6-17)9-11-22-12-14-23(15-13-22)20-3-2-4-21-19(20)10-16-24-21/h2-4,10,16-18H,5-9,11-15H2,1H3. The Morgan fingerprint density at radius 3 is 2.58 bits per heavy atom. The van der Waals surface area contributed by atoms with Gasteiger partial charge in [0, 0.05) is 42.0 Å². The minimum Gasteiger partial charge on any atom is -0.368 e. The molecule has 0 atom stereocenters. The van der Waals surface area contributed by atoms with Crippen LogP contribution >= 0.6 is 11.3 Å². The Bertz CT molecular complexity index is 649. The minimum atomic E-state index is 0.976. The lowest BCUT2D eigenvalue weighted by molar-refractivity contribution is 0.208. The van der Waals surface area contributed by atoms with Crippen LogP contribution in [-0.2, 0) is 0 Å². The van der Waals surface area contributed by atoms with Crippen LogP contribution in [0.25, 0.3) is 10.1 Å².